The van der Waals surface area contributed by atoms with Gasteiger partial charge in [-0.1, -0.05) is 12.7 Å². The minimum atomic E-state index is -0.306. The zero-order valence-electron chi connectivity index (χ0n) is 6.39. The zero-order valence-corrected chi connectivity index (χ0v) is 6.39. The Labute approximate surface area is 61.2 Å². The van der Waals surface area contributed by atoms with Gasteiger partial charge in [-0.3, -0.25) is 0 Å². The summed E-state index contributed by atoms with van der Waals surface area (Å²) in [6.07, 6.45) is 3.02. The molecule has 0 heterocycles. The maximum atomic E-state index is 10.7. The third-order valence-corrected chi connectivity index (χ3v) is 0.954. The second kappa shape index (κ2) is 4.79. The minimum absolute atomic E-state index is 0.306. The van der Waals surface area contributed by atoms with Crippen LogP contribution in [0.15, 0.2) is 24.3 Å². The monoisotopic (exact) mass is 140 g/mol. The summed E-state index contributed by atoms with van der Waals surface area (Å²) in [7, 11) is 0. The lowest BCUT2D eigenvalue weighted by molar-refractivity contribution is -0.137. The number of carbonyl (C=O) groups is 1. The molecular formula is C8H12O2. The van der Waals surface area contributed by atoms with Crippen LogP contribution in [0.4, 0.5) is 0 Å². The number of hydrogen-bond acceptors (Lipinski definition) is 2. The van der Waals surface area contributed by atoms with Gasteiger partial charge in [-0.25, -0.2) is 4.79 Å². The van der Waals surface area contributed by atoms with E-state index in [-0.39, 0.29) is 5.97 Å². The molecule has 0 aromatic rings. The summed E-state index contributed by atoms with van der Waals surface area (Å²) in [4.78, 5) is 10.7. The van der Waals surface area contributed by atoms with Gasteiger partial charge in [-0.15, -0.1) is 0 Å². The third-order valence-electron chi connectivity index (χ3n) is 0.954. The fraction of sp³-hybridized carbons (Fsp3) is 0.375. The van der Waals surface area contributed by atoms with Crippen LogP contribution in [0, 0.1) is 0 Å². The van der Waals surface area contributed by atoms with Crippen LogP contribution in [-0.2, 0) is 9.53 Å². The van der Waals surface area contributed by atoms with Crippen molar-refractivity contribution in [1.29, 1.82) is 0 Å². The number of carbonyl (C=O) groups excluding carboxylic acids is 1. The standard InChI is InChI=1S/C8H12O2/c1-4-7(3)6-8(9)10-5-2/h4,6H,1,5H2,2-3H3/b7-6-. The topological polar surface area (TPSA) is 26.3 Å². The van der Waals surface area contributed by atoms with Gasteiger partial charge in [0.05, 0.1) is 6.61 Å². The average Bonchev–Trinajstić information content (AvgIpc) is 1.88. The molecule has 0 bridgehead atoms. The summed E-state index contributed by atoms with van der Waals surface area (Å²) >= 11 is 0. The smallest absolute Gasteiger partial charge is 0.330 e. The van der Waals surface area contributed by atoms with E-state index >= 15 is 0 Å². The number of allylic oxidation sites excluding steroid dienone is 2. The lowest BCUT2D eigenvalue weighted by Gasteiger charge is -1.94. The molecular weight excluding hydrogens is 128 g/mol. The highest BCUT2D eigenvalue weighted by Crippen LogP contribution is 1.93. The predicted octanol–water partition coefficient (Wildman–Crippen LogP) is 1.68. The van der Waals surface area contributed by atoms with E-state index in [1.807, 2.05) is 0 Å². The highest BCUT2D eigenvalue weighted by molar-refractivity contribution is 5.83. The Morgan fingerprint density at radius 2 is 2.30 bits per heavy atom. The summed E-state index contributed by atoms with van der Waals surface area (Å²) in [5.74, 6) is -0.306. The molecule has 2 heteroatoms. The molecule has 0 amide bonds. The van der Waals surface area contributed by atoms with Crippen LogP contribution in [-0.4, -0.2) is 12.6 Å². The summed E-state index contributed by atoms with van der Waals surface area (Å²) < 4.78 is 4.65. The van der Waals surface area contributed by atoms with Gasteiger partial charge in [-0.05, 0) is 19.4 Å². The highest BCUT2D eigenvalue weighted by atomic mass is 16.5. The Hall–Kier alpha value is -1.05. The molecule has 0 spiro atoms. The van der Waals surface area contributed by atoms with Gasteiger partial charge in [0.2, 0.25) is 0 Å². The molecule has 10 heavy (non-hydrogen) atoms. The van der Waals surface area contributed by atoms with E-state index in [2.05, 4.69) is 11.3 Å². The first-order chi connectivity index (χ1) is 4.70. The first-order valence-corrected chi connectivity index (χ1v) is 3.18. The quantitative estimate of drug-likeness (QED) is 0.338. The van der Waals surface area contributed by atoms with Crippen molar-refractivity contribution in [2.24, 2.45) is 0 Å². The number of ether oxygens (including phenoxy) is 1. The SMILES string of the molecule is C=C/C(C)=C\C(=O)OCC. The molecule has 0 atom stereocenters. The largest absolute Gasteiger partial charge is 0.463 e. The van der Waals surface area contributed by atoms with E-state index in [1.54, 1.807) is 19.9 Å². The Balaban J connectivity index is 3.86. The van der Waals surface area contributed by atoms with Crippen LogP contribution in [0.5, 0.6) is 0 Å². The Morgan fingerprint density at radius 1 is 1.70 bits per heavy atom. The molecule has 0 rings (SSSR count). The van der Waals surface area contributed by atoms with Crippen molar-refractivity contribution in [3.63, 3.8) is 0 Å². The zero-order chi connectivity index (χ0) is 7.98. The molecule has 0 aromatic carbocycles. The molecule has 0 aliphatic carbocycles. The minimum Gasteiger partial charge on any atom is -0.463 e. The molecule has 0 fully saturated rings. The van der Waals surface area contributed by atoms with Crippen molar-refractivity contribution in [3.05, 3.63) is 24.3 Å². The van der Waals surface area contributed by atoms with Gasteiger partial charge in [0.25, 0.3) is 0 Å². The summed E-state index contributed by atoms with van der Waals surface area (Å²) in [6.45, 7) is 7.48. The van der Waals surface area contributed by atoms with E-state index in [0.717, 1.165) is 5.57 Å². The van der Waals surface area contributed by atoms with Gasteiger partial charge < -0.3 is 4.74 Å². The molecule has 0 saturated heterocycles. The molecule has 56 valence electrons. The highest BCUT2D eigenvalue weighted by Gasteiger charge is 1.93. The van der Waals surface area contributed by atoms with Gasteiger partial charge in [-0.2, -0.15) is 0 Å². The van der Waals surface area contributed by atoms with Crippen LogP contribution in [0.1, 0.15) is 13.8 Å². The van der Waals surface area contributed by atoms with E-state index in [4.69, 9.17) is 0 Å². The van der Waals surface area contributed by atoms with Crippen molar-refractivity contribution in [2.45, 2.75) is 13.8 Å². The maximum Gasteiger partial charge on any atom is 0.330 e. The Bertz CT molecular complexity index is 157. The lowest BCUT2D eigenvalue weighted by Crippen LogP contribution is -1.99. The normalized spacial score (nSPS) is 10.8. The predicted molar refractivity (Wildman–Crippen MR) is 40.6 cm³/mol. The molecule has 0 aliphatic rings. The van der Waals surface area contributed by atoms with Crippen molar-refractivity contribution in [2.75, 3.05) is 6.61 Å². The van der Waals surface area contributed by atoms with Gasteiger partial charge in [0.15, 0.2) is 0 Å². The van der Waals surface area contributed by atoms with Crippen molar-refractivity contribution >= 4 is 5.97 Å². The lowest BCUT2D eigenvalue weighted by atomic mass is 10.3. The summed E-state index contributed by atoms with van der Waals surface area (Å²) in [5.41, 5.74) is 0.818. The molecule has 0 aliphatic heterocycles. The fourth-order valence-electron chi connectivity index (χ4n) is 0.429. The van der Waals surface area contributed by atoms with Crippen LogP contribution in [0.3, 0.4) is 0 Å². The Kier molecular flexibility index (Phi) is 4.29. The van der Waals surface area contributed by atoms with Crippen molar-refractivity contribution < 1.29 is 9.53 Å². The average molecular weight is 140 g/mol. The van der Waals surface area contributed by atoms with Gasteiger partial charge in [0, 0.05) is 6.08 Å². The number of rotatable bonds is 3. The molecule has 0 radical (unpaired) electrons. The van der Waals surface area contributed by atoms with Crippen LogP contribution in [0.25, 0.3) is 0 Å². The van der Waals surface area contributed by atoms with Gasteiger partial charge >= 0.3 is 5.97 Å². The summed E-state index contributed by atoms with van der Waals surface area (Å²) in [5, 5.41) is 0. The molecule has 0 N–H and O–H groups in total. The van der Waals surface area contributed by atoms with E-state index in [0.29, 0.717) is 6.61 Å². The van der Waals surface area contributed by atoms with E-state index in [9.17, 15) is 4.79 Å². The number of esters is 1. The molecule has 0 aromatic heterocycles. The second-order valence-corrected chi connectivity index (χ2v) is 1.84. The number of hydrogen-bond donors (Lipinski definition) is 0. The molecule has 0 unspecified atom stereocenters. The van der Waals surface area contributed by atoms with Crippen LogP contribution >= 0.6 is 0 Å². The summed E-state index contributed by atoms with van der Waals surface area (Å²) in [6, 6.07) is 0. The molecule has 0 saturated carbocycles. The van der Waals surface area contributed by atoms with Gasteiger partial charge in [0.1, 0.15) is 0 Å². The molecule has 2 nitrogen and oxygen atoms in total. The van der Waals surface area contributed by atoms with Crippen molar-refractivity contribution in [3.8, 4) is 0 Å². The first kappa shape index (κ1) is 8.95. The fourth-order valence-corrected chi connectivity index (χ4v) is 0.429. The first-order valence-electron chi connectivity index (χ1n) is 3.18. The maximum absolute atomic E-state index is 10.7. The van der Waals surface area contributed by atoms with Crippen molar-refractivity contribution in [1.82, 2.24) is 0 Å². The van der Waals surface area contributed by atoms with E-state index in [1.165, 1.54) is 6.08 Å². The van der Waals surface area contributed by atoms with Crippen LogP contribution in [0.2, 0.25) is 0 Å². The Morgan fingerprint density at radius 3 is 2.70 bits per heavy atom. The van der Waals surface area contributed by atoms with E-state index < -0.39 is 0 Å². The third kappa shape index (κ3) is 3.89. The second-order valence-electron chi connectivity index (χ2n) is 1.84. The van der Waals surface area contributed by atoms with Crippen LogP contribution < -0.4 is 0 Å².